The highest BCUT2D eigenvalue weighted by atomic mass is 15.3. The summed E-state index contributed by atoms with van der Waals surface area (Å²) >= 11 is 0. The number of nitrogens with two attached hydrogens (primary N) is 1. The zero-order valence-electron chi connectivity index (χ0n) is 9.66. The van der Waals surface area contributed by atoms with Gasteiger partial charge in [0, 0.05) is 18.3 Å². The van der Waals surface area contributed by atoms with E-state index in [1.165, 1.54) is 25.7 Å². The van der Waals surface area contributed by atoms with Crippen LogP contribution in [-0.2, 0) is 0 Å². The number of aromatic nitrogens is 2. The predicted octanol–water partition coefficient (Wildman–Crippen LogP) is 1.67. The van der Waals surface area contributed by atoms with Gasteiger partial charge in [0.1, 0.15) is 5.82 Å². The number of nitrogens with one attached hydrogen (secondary N) is 2. The van der Waals surface area contributed by atoms with Gasteiger partial charge in [-0.1, -0.05) is 19.3 Å². The summed E-state index contributed by atoms with van der Waals surface area (Å²) in [5, 5.41) is 3.34. The average Bonchev–Trinajstić information content (AvgIpc) is 2.24. The molecule has 88 valence electrons. The molecule has 1 saturated carbocycles. The van der Waals surface area contributed by atoms with E-state index in [2.05, 4.69) is 20.7 Å². The highest BCUT2D eigenvalue weighted by Crippen LogP contribution is 2.29. The highest BCUT2D eigenvalue weighted by Gasteiger charge is 2.16. The number of hydrazine groups is 1. The maximum atomic E-state index is 5.27. The zero-order valence-corrected chi connectivity index (χ0v) is 9.66. The van der Waals surface area contributed by atoms with Gasteiger partial charge in [0.15, 0.2) is 0 Å². The fraction of sp³-hybridized carbons (Fsp3) is 0.636. The molecule has 1 aromatic heterocycles. The van der Waals surface area contributed by atoms with Gasteiger partial charge < -0.3 is 5.32 Å². The van der Waals surface area contributed by atoms with Crippen molar-refractivity contribution in [1.82, 2.24) is 9.97 Å². The van der Waals surface area contributed by atoms with E-state index in [-0.39, 0.29) is 0 Å². The van der Waals surface area contributed by atoms with E-state index < -0.39 is 0 Å². The molecule has 1 heterocycles. The molecule has 0 radical (unpaired) electrons. The first-order valence-corrected chi connectivity index (χ1v) is 5.83. The standard InChI is InChI=1S/C11H19N5/c1-8-7-14-11(16-12)15-10(8)13-6-5-9-3-2-4-9/h7,9H,2-6,12H2,1H3,(H2,13,14,15,16). The van der Waals surface area contributed by atoms with Crippen LogP contribution < -0.4 is 16.6 Å². The Labute approximate surface area is 95.8 Å². The molecule has 1 fully saturated rings. The van der Waals surface area contributed by atoms with Crippen molar-refractivity contribution in [2.45, 2.75) is 32.6 Å². The van der Waals surface area contributed by atoms with Crippen molar-refractivity contribution in [3.05, 3.63) is 11.8 Å². The number of rotatable bonds is 5. The van der Waals surface area contributed by atoms with Gasteiger partial charge in [0.2, 0.25) is 5.95 Å². The number of hydrogen-bond acceptors (Lipinski definition) is 5. The quantitative estimate of drug-likeness (QED) is 0.521. The first-order valence-electron chi connectivity index (χ1n) is 5.83. The summed E-state index contributed by atoms with van der Waals surface area (Å²) in [6.45, 7) is 2.97. The molecule has 0 aliphatic heterocycles. The molecule has 5 nitrogen and oxygen atoms in total. The predicted molar refractivity (Wildman–Crippen MR) is 65.0 cm³/mol. The van der Waals surface area contributed by atoms with Crippen molar-refractivity contribution in [3.63, 3.8) is 0 Å². The molecule has 0 amide bonds. The Morgan fingerprint density at radius 1 is 1.50 bits per heavy atom. The first-order chi connectivity index (χ1) is 7.79. The zero-order chi connectivity index (χ0) is 11.4. The van der Waals surface area contributed by atoms with Crippen LogP contribution in [0.5, 0.6) is 0 Å². The van der Waals surface area contributed by atoms with E-state index in [1.807, 2.05) is 6.92 Å². The van der Waals surface area contributed by atoms with Crippen molar-refractivity contribution in [1.29, 1.82) is 0 Å². The molecule has 1 aliphatic rings. The van der Waals surface area contributed by atoms with Gasteiger partial charge in [0.05, 0.1) is 0 Å². The second kappa shape index (κ2) is 5.12. The molecule has 5 heteroatoms. The van der Waals surface area contributed by atoms with E-state index in [1.54, 1.807) is 6.20 Å². The molecule has 0 atom stereocenters. The van der Waals surface area contributed by atoms with Gasteiger partial charge in [0.25, 0.3) is 0 Å². The van der Waals surface area contributed by atoms with Gasteiger partial charge in [-0.05, 0) is 19.3 Å². The van der Waals surface area contributed by atoms with Crippen LogP contribution >= 0.6 is 0 Å². The van der Waals surface area contributed by atoms with E-state index in [0.717, 1.165) is 23.8 Å². The second-order valence-electron chi connectivity index (χ2n) is 4.38. The molecule has 4 N–H and O–H groups in total. The molecular weight excluding hydrogens is 202 g/mol. The van der Waals surface area contributed by atoms with Gasteiger partial charge in [-0.2, -0.15) is 4.98 Å². The van der Waals surface area contributed by atoms with Crippen LogP contribution in [0.15, 0.2) is 6.20 Å². The van der Waals surface area contributed by atoms with Crippen molar-refractivity contribution in [3.8, 4) is 0 Å². The smallest absolute Gasteiger partial charge is 0.239 e. The SMILES string of the molecule is Cc1cnc(NN)nc1NCCC1CCC1. The molecular formula is C11H19N5. The Bertz CT molecular complexity index is 348. The van der Waals surface area contributed by atoms with Crippen LogP contribution in [0.4, 0.5) is 11.8 Å². The maximum absolute atomic E-state index is 5.27. The summed E-state index contributed by atoms with van der Waals surface area (Å²) in [5.41, 5.74) is 3.50. The summed E-state index contributed by atoms with van der Waals surface area (Å²) in [4.78, 5) is 8.31. The maximum Gasteiger partial charge on any atom is 0.239 e. The summed E-state index contributed by atoms with van der Waals surface area (Å²) in [7, 11) is 0. The Balaban J connectivity index is 1.86. The van der Waals surface area contributed by atoms with E-state index in [9.17, 15) is 0 Å². The third kappa shape index (κ3) is 2.61. The van der Waals surface area contributed by atoms with Crippen LogP contribution in [0.1, 0.15) is 31.2 Å². The summed E-state index contributed by atoms with van der Waals surface area (Å²) in [6, 6.07) is 0. The van der Waals surface area contributed by atoms with Crippen LogP contribution in [0.3, 0.4) is 0 Å². The Kier molecular flexibility index (Phi) is 3.56. The fourth-order valence-corrected chi connectivity index (χ4v) is 1.87. The minimum absolute atomic E-state index is 0.455. The number of nitrogen functional groups attached to an aromatic ring is 1. The summed E-state index contributed by atoms with van der Waals surface area (Å²) in [5.74, 6) is 7.52. The number of nitrogens with zero attached hydrogens (tertiary/aromatic N) is 2. The number of hydrogen-bond donors (Lipinski definition) is 3. The molecule has 0 saturated heterocycles. The van der Waals surface area contributed by atoms with Crippen molar-refractivity contribution < 1.29 is 0 Å². The van der Waals surface area contributed by atoms with Crippen LogP contribution in [0, 0.1) is 12.8 Å². The van der Waals surface area contributed by atoms with Crippen molar-refractivity contribution in [2.75, 3.05) is 17.3 Å². The lowest BCUT2D eigenvalue weighted by Gasteiger charge is -2.25. The third-order valence-electron chi connectivity index (χ3n) is 3.17. The third-order valence-corrected chi connectivity index (χ3v) is 3.17. The van der Waals surface area contributed by atoms with Gasteiger partial charge in [-0.15, -0.1) is 0 Å². The fourth-order valence-electron chi connectivity index (χ4n) is 1.87. The van der Waals surface area contributed by atoms with Crippen LogP contribution in [0.2, 0.25) is 0 Å². The van der Waals surface area contributed by atoms with Gasteiger partial charge in [-0.25, -0.2) is 10.8 Å². The molecule has 0 bridgehead atoms. The first kappa shape index (κ1) is 11.1. The van der Waals surface area contributed by atoms with Crippen molar-refractivity contribution in [2.24, 2.45) is 11.8 Å². The normalized spacial score (nSPS) is 15.6. The molecule has 0 aromatic carbocycles. The minimum Gasteiger partial charge on any atom is -0.370 e. The molecule has 1 aliphatic carbocycles. The van der Waals surface area contributed by atoms with Crippen LogP contribution in [0.25, 0.3) is 0 Å². The second-order valence-corrected chi connectivity index (χ2v) is 4.38. The average molecular weight is 221 g/mol. The van der Waals surface area contributed by atoms with Gasteiger partial charge >= 0.3 is 0 Å². The van der Waals surface area contributed by atoms with Gasteiger partial charge in [-0.3, -0.25) is 5.43 Å². The monoisotopic (exact) mass is 221 g/mol. The summed E-state index contributed by atoms with van der Waals surface area (Å²) in [6.07, 6.45) is 7.18. The number of aryl methyl sites for hydroxylation is 1. The van der Waals surface area contributed by atoms with Crippen molar-refractivity contribution >= 4 is 11.8 Å². The Morgan fingerprint density at radius 2 is 2.31 bits per heavy atom. The topological polar surface area (TPSA) is 75.9 Å². The van der Waals surface area contributed by atoms with E-state index in [4.69, 9.17) is 5.84 Å². The lowest BCUT2D eigenvalue weighted by atomic mass is 9.83. The molecule has 16 heavy (non-hydrogen) atoms. The van der Waals surface area contributed by atoms with E-state index >= 15 is 0 Å². The lowest BCUT2D eigenvalue weighted by molar-refractivity contribution is 0.303. The Morgan fingerprint density at radius 3 is 2.94 bits per heavy atom. The summed E-state index contributed by atoms with van der Waals surface area (Å²) < 4.78 is 0. The lowest BCUT2D eigenvalue weighted by Crippen LogP contribution is -2.17. The molecule has 1 aromatic rings. The molecule has 0 unspecified atom stereocenters. The highest BCUT2D eigenvalue weighted by molar-refractivity contribution is 5.45. The Hall–Kier alpha value is -1.36. The minimum atomic E-state index is 0.455. The van der Waals surface area contributed by atoms with E-state index in [0.29, 0.717) is 5.95 Å². The molecule has 2 rings (SSSR count). The largest absolute Gasteiger partial charge is 0.370 e. The molecule has 0 spiro atoms. The number of anilines is 2. The van der Waals surface area contributed by atoms with Crippen LogP contribution in [-0.4, -0.2) is 16.5 Å².